The first kappa shape index (κ1) is 14.1. The van der Waals surface area contributed by atoms with Crippen LogP contribution in [0.4, 0.5) is 0 Å². The van der Waals surface area contributed by atoms with Gasteiger partial charge < -0.3 is 5.11 Å². The summed E-state index contributed by atoms with van der Waals surface area (Å²) < 4.78 is 0. The Morgan fingerprint density at radius 3 is 2.32 bits per heavy atom. The molecule has 0 aromatic heterocycles. The molecule has 0 aliphatic heterocycles. The van der Waals surface area contributed by atoms with Gasteiger partial charge in [-0.15, -0.1) is 0 Å². The molecule has 0 saturated heterocycles. The summed E-state index contributed by atoms with van der Waals surface area (Å²) in [5.74, 6) is 0. The minimum atomic E-state index is -0.878. The molecule has 1 unspecified atom stereocenters. The van der Waals surface area contributed by atoms with Gasteiger partial charge in [-0.2, -0.15) is 0 Å². The van der Waals surface area contributed by atoms with Gasteiger partial charge >= 0.3 is 0 Å². The first-order valence-corrected chi connectivity index (χ1v) is 6.95. The molecule has 2 aromatic rings. The second-order valence-corrected chi connectivity index (χ2v) is 5.57. The molecule has 1 N–H and O–H groups in total. The Bertz CT molecular complexity index is 543. The van der Waals surface area contributed by atoms with E-state index in [4.69, 9.17) is 11.6 Å². The molecule has 0 heterocycles. The van der Waals surface area contributed by atoms with E-state index in [9.17, 15) is 5.11 Å². The highest BCUT2D eigenvalue weighted by Gasteiger charge is 2.23. The Hall–Kier alpha value is -1.31. The van der Waals surface area contributed by atoms with Crippen molar-refractivity contribution in [1.29, 1.82) is 0 Å². The average molecular weight is 275 g/mol. The number of aliphatic hydroxyl groups is 1. The fourth-order valence-corrected chi connectivity index (χ4v) is 2.46. The van der Waals surface area contributed by atoms with E-state index in [1.54, 1.807) is 0 Å². The van der Waals surface area contributed by atoms with E-state index in [1.807, 2.05) is 43.3 Å². The largest absolute Gasteiger partial charge is 0.385 e. The Labute approximate surface area is 119 Å². The van der Waals surface area contributed by atoms with Crippen LogP contribution < -0.4 is 0 Å². The normalized spacial score (nSPS) is 14.1. The smallest absolute Gasteiger partial charge is 0.0908 e. The molecule has 2 rings (SSSR count). The van der Waals surface area contributed by atoms with Crippen molar-refractivity contribution in [1.82, 2.24) is 0 Å². The number of halogens is 1. The maximum absolute atomic E-state index is 10.7. The monoisotopic (exact) mass is 274 g/mol. The molecule has 2 heteroatoms. The summed E-state index contributed by atoms with van der Waals surface area (Å²) in [7, 11) is 0. The standard InChI is InChI=1S/C17H19ClO/c1-3-13-7-9-15(10-8-13)17(2,19)12-14-5-4-6-16(18)11-14/h4-11,19H,3,12H2,1-2H3. The number of benzene rings is 2. The minimum Gasteiger partial charge on any atom is -0.385 e. The molecule has 0 spiro atoms. The predicted octanol–water partition coefficient (Wildman–Crippen LogP) is 4.35. The van der Waals surface area contributed by atoms with Gasteiger partial charge in [0.25, 0.3) is 0 Å². The van der Waals surface area contributed by atoms with Crippen LogP contribution in [0.1, 0.15) is 30.5 Å². The third-order valence-corrected chi connectivity index (χ3v) is 3.66. The van der Waals surface area contributed by atoms with Crippen LogP contribution in [0.5, 0.6) is 0 Å². The van der Waals surface area contributed by atoms with Crippen LogP contribution in [0.15, 0.2) is 48.5 Å². The van der Waals surface area contributed by atoms with Crippen molar-refractivity contribution in [3.05, 3.63) is 70.2 Å². The van der Waals surface area contributed by atoms with Gasteiger partial charge in [-0.1, -0.05) is 54.9 Å². The van der Waals surface area contributed by atoms with Crippen molar-refractivity contribution >= 4 is 11.6 Å². The Kier molecular flexibility index (Phi) is 4.28. The Morgan fingerprint density at radius 1 is 1.05 bits per heavy atom. The highest BCUT2D eigenvalue weighted by Crippen LogP contribution is 2.26. The zero-order valence-electron chi connectivity index (χ0n) is 11.4. The van der Waals surface area contributed by atoms with Crippen LogP contribution in [0.2, 0.25) is 5.02 Å². The van der Waals surface area contributed by atoms with Crippen molar-refractivity contribution < 1.29 is 5.11 Å². The van der Waals surface area contributed by atoms with Crippen molar-refractivity contribution in [2.45, 2.75) is 32.3 Å². The molecule has 0 bridgehead atoms. The predicted molar refractivity (Wildman–Crippen MR) is 80.5 cm³/mol. The summed E-state index contributed by atoms with van der Waals surface area (Å²) in [6, 6.07) is 15.8. The van der Waals surface area contributed by atoms with Gasteiger partial charge in [0.15, 0.2) is 0 Å². The van der Waals surface area contributed by atoms with Crippen molar-refractivity contribution in [2.24, 2.45) is 0 Å². The Balaban J connectivity index is 2.21. The van der Waals surface area contributed by atoms with Gasteiger partial charge in [-0.3, -0.25) is 0 Å². The second-order valence-electron chi connectivity index (χ2n) is 5.13. The molecule has 1 nitrogen and oxygen atoms in total. The van der Waals surface area contributed by atoms with Crippen LogP contribution in [0.25, 0.3) is 0 Å². The minimum absolute atomic E-state index is 0.555. The van der Waals surface area contributed by atoms with E-state index in [0.29, 0.717) is 11.4 Å². The third kappa shape index (κ3) is 3.59. The van der Waals surface area contributed by atoms with Gasteiger partial charge in [-0.25, -0.2) is 0 Å². The van der Waals surface area contributed by atoms with Crippen LogP contribution >= 0.6 is 11.6 Å². The molecular weight excluding hydrogens is 256 g/mol. The van der Waals surface area contributed by atoms with Crippen molar-refractivity contribution in [3.63, 3.8) is 0 Å². The quantitative estimate of drug-likeness (QED) is 0.879. The third-order valence-electron chi connectivity index (χ3n) is 3.42. The fraction of sp³-hybridized carbons (Fsp3) is 0.294. The molecule has 0 aliphatic carbocycles. The molecule has 0 fully saturated rings. The molecule has 0 amide bonds. The molecule has 0 saturated carbocycles. The van der Waals surface area contributed by atoms with Crippen LogP contribution in [0, 0.1) is 0 Å². The summed E-state index contributed by atoms with van der Waals surface area (Å²) in [4.78, 5) is 0. The molecule has 0 radical (unpaired) electrons. The topological polar surface area (TPSA) is 20.2 Å². The van der Waals surface area contributed by atoms with Gasteiger partial charge in [0.05, 0.1) is 5.60 Å². The van der Waals surface area contributed by atoms with Crippen molar-refractivity contribution in [2.75, 3.05) is 0 Å². The molecule has 2 aromatic carbocycles. The van der Waals surface area contributed by atoms with E-state index in [0.717, 1.165) is 17.5 Å². The summed E-state index contributed by atoms with van der Waals surface area (Å²) in [6.07, 6.45) is 1.57. The lowest BCUT2D eigenvalue weighted by Crippen LogP contribution is -2.24. The number of hydrogen-bond acceptors (Lipinski definition) is 1. The molecule has 0 aliphatic rings. The highest BCUT2D eigenvalue weighted by molar-refractivity contribution is 6.30. The summed E-state index contributed by atoms with van der Waals surface area (Å²) in [6.45, 7) is 3.97. The Morgan fingerprint density at radius 2 is 1.74 bits per heavy atom. The lowest BCUT2D eigenvalue weighted by Gasteiger charge is -2.24. The van der Waals surface area contributed by atoms with Gasteiger partial charge in [0, 0.05) is 11.4 Å². The molecular formula is C17H19ClO. The number of rotatable bonds is 4. The van der Waals surface area contributed by atoms with Crippen LogP contribution in [-0.4, -0.2) is 5.11 Å². The van der Waals surface area contributed by atoms with E-state index >= 15 is 0 Å². The maximum atomic E-state index is 10.7. The average Bonchev–Trinajstić information content (AvgIpc) is 2.38. The lowest BCUT2D eigenvalue weighted by molar-refractivity contribution is 0.0576. The zero-order valence-corrected chi connectivity index (χ0v) is 12.1. The maximum Gasteiger partial charge on any atom is 0.0908 e. The fourth-order valence-electron chi connectivity index (χ4n) is 2.25. The SMILES string of the molecule is CCc1ccc(C(C)(O)Cc2cccc(Cl)c2)cc1. The lowest BCUT2D eigenvalue weighted by atomic mass is 9.88. The van der Waals surface area contributed by atoms with Gasteiger partial charge in [-0.05, 0) is 42.2 Å². The van der Waals surface area contributed by atoms with E-state index in [2.05, 4.69) is 19.1 Å². The highest BCUT2D eigenvalue weighted by atomic mass is 35.5. The van der Waals surface area contributed by atoms with Gasteiger partial charge in [0.1, 0.15) is 0 Å². The van der Waals surface area contributed by atoms with Gasteiger partial charge in [0.2, 0.25) is 0 Å². The molecule has 100 valence electrons. The van der Waals surface area contributed by atoms with Crippen LogP contribution in [0.3, 0.4) is 0 Å². The summed E-state index contributed by atoms with van der Waals surface area (Å²) in [5.41, 5.74) is 2.38. The summed E-state index contributed by atoms with van der Waals surface area (Å²) in [5, 5.41) is 11.4. The van der Waals surface area contributed by atoms with E-state index < -0.39 is 5.60 Å². The zero-order chi connectivity index (χ0) is 13.9. The number of hydrogen-bond donors (Lipinski definition) is 1. The van der Waals surface area contributed by atoms with Crippen molar-refractivity contribution in [3.8, 4) is 0 Å². The number of aryl methyl sites for hydroxylation is 1. The summed E-state index contributed by atoms with van der Waals surface area (Å²) >= 11 is 5.98. The molecule has 19 heavy (non-hydrogen) atoms. The first-order chi connectivity index (χ1) is 9.01. The second kappa shape index (κ2) is 5.77. The van der Waals surface area contributed by atoms with Crippen LogP contribution in [-0.2, 0) is 18.4 Å². The first-order valence-electron chi connectivity index (χ1n) is 6.57. The van der Waals surface area contributed by atoms with E-state index in [1.165, 1.54) is 5.56 Å². The van der Waals surface area contributed by atoms with E-state index in [-0.39, 0.29) is 0 Å². The molecule has 1 atom stereocenters.